The van der Waals surface area contributed by atoms with Gasteiger partial charge in [-0.15, -0.1) is 0 Å². The van der Waals surface area contributed by atoms with Crippen molar-refractivity contribution in [1.82, 2.24) is 20.9 Å². The van der Waals surface area contributed by atoms with Crippen molar-refractivity contribution in [2.75, 3.05) is 45.1 Å². The molecule has 0 radical (unpaired) electrons. The molecular formula is C32H49FN6O2. The van der Waals surface area contributed by atoms with E-state index in [1.807, 2.05) is 25.2 Å². The highest BCUT2D eigenvalue weighted by Gasteiger charge is 2.21. The lowest BCUT2D eigenvalue weighted by Crippen LogP contribution is -2.40. The fourth-order valence-electron chi connectivity index (χ4n) is 4.57. The maximum Gasteiger partial charge on any atom is 0.237 e. The van der Waals surface area contributed by atoms with E-state index in [2.05, 4.69) is 59.4 Å². The summed E-state index contributed by atoms with van der Waals surface area (Å²) in [5.41, 5.74) is 5.41. The van der Waals surface area contributed by atoms with Crippen LogP contribution in [0.3, 0.4) is 0 Å². The molecule has 2 atom stereocenters. The second-order valence-corrected chi connectivity index (χ2v) is 10.6. The number of benzene rings is 2. The molecule has 226 valence electrons. The van der Waals surface area contributed by atoms with Crippen molar-refractivity contribution in [3.8, 4) is 0 Å². The van der Waals surface area contributed by atoms with Gasteiger partial charge in [-0.25, -0.2) is 4.39 Å². The van der Waals surface area contributed by atoms with Crippen LogP contribution in [0.4, 0.5) is 10.1 Å². The number of nitrogens with one attached hydrogen (secondary N) is 5. The second kappa shape index (κ2) is 19.7. The average molecular weight is 569 g/mol. The van der Waals surface area contributed by atoms with Crippen LogP contribution in [-0.2, 0) is 16.1 Å². The highest BCUT2D eigenvalue weighted by atomic mass is 19.1. The Labute approximate surface area is 245 Å². The Kier molecular flexibility index (Phi) is 16.3. The zero-order chi connectivity index (χ0) is 29.9. The SMILES string of the molecule is C1CCNCC1.CNc1ccc(CNC(=O)C2CCCN2)cc1C=N.Cc1ccc(C)cc1.O=CN1CCC(F)C1. The van der Waals surface area contributed by atoms with Gasteiger partial charge in [-0.1, -0.05) is 47.9 Å². The van der Waals surface area contributed by atoms with Crippen molar-refractivity contribution >= 4 is 24.2 Å². The molecule has 3 saturated heterocycles. The first kappa shape index (κ1) is 33.9. The number of alkyl halides is 1. The molecule has 0 bridgehead atoms. The van der Waals surface area contributed by atoms with Crippen LogP contribution in [0.25, 0.3) is 0 Å². The number of carbonyl (C=O) groups excluding carboxylic acids is 2. The first-order valence-electron chi connectivity index (χ1n) is 14.8. The minimum Gasteiger partial charge on any atom is -0.388 e. The van der Waals surface area contributed by atoms with E-state index in [1.54, 1.807) is 0 Å². The number of rotatable bonds is 6. The Morgan fingerprint density at radius 1 is 1.02 bits per heavy atom. The van der Waals surface area contributed by atoms with Gasteiger partial charge in [0.05, 0.1) is 12.6 Å². The van der Waals surface area contributed by atoms with E-state index in [0.717, 1.165) is 36.2 Å². The van der Waals surface area contributed by atoms with E-state index in [1.165, 1.54) is 54.6 Å². The quantitative estimate of drug-likeness (QED) is 0.263. The molecule has 5 N–H and O–H groups in total. The number of piperidine rings is 1. The Bertz CT molecular complexity index is 1010. The molecule has 3 fully saturated rings. The van der Waals surface area contributed by atoms with E-state index in [4.69, 9.17) is 5.41 Å². The predicted octanol–water partition coefficient (Wildman–Crippen LogP) is 4.34. The molecular weight excluding hydrogens is 519 g/mol. The lowest BCUT2D eigenvalue weighted by Gasteiger charge is -2.12. The Morgan fingerprint density at radius 2 is 1.71 bits per heavy atom. The molecule has 8 nitrogen and oxygen atoms in total. The van der Waals surface area contributed by atoms with Gasteiger partial charge >= 0.3 is 0 Å². The molecule has 2 amide bonds. The average Bonchev–Trinajstić information content (AvgIpc) is 3.71. The van der Waals surface area contributed by atoms with Crippen LogP contribution in [0.5, 0.6) is 0 Å². The molecule has 0 saturated carbocycles. The fourth-order valence-corrected chi connectivity index (χ4v) is 4.57. The summed E-state index contributed by atoms with van der Waals surface area (Å²) in [6.45, 7) is 9.00. The topological polar surface area (TPSA) is 109 Å². The number of likely N-dealkylation sites (tertiary alicyclic amines) is 1. The maximum absolute atomic E-state index is 12.2. The number of aryl methyl sites for hydroxylation is 2. The molecule has 3 aliphatic rings. The summed E-state index contributed by atoms with van der Waals surface area (Å²) in [6, 6.07) is 14.2. The van der Waals surface area contributed by atoms with E-state index >= 15 is 0 Å². The number of carbonyl (C=O) groups is 2. The van der Waals surface area contributed by atoms with Crippen molar-refractivity contribution in [2.24, 2.45) is 0 Å². The van der Waals surface area contributed by atoms with Gasteiger partial charge in [-0.2, -0.15) is 0 Å². The van der Waals surface area contributed by atoms with Crippen LogP contribution in [0.15, 0.2) is 42.5 Å². The minimum absolute atomic E-state index is 0.0428. The Morgan fingerprint density at radius 3 is 2.12 bits per heavy atom. The van der Waals surface area contributed by atoms with Gasteiger partial charge in [-0.3, -0.25) is 9.59 Å². The summed E-state index contributed by atoms with van der Waals surface area (Å²) in [6.07, 6.45) is 7.93. The highest BCUT2D eigenvalue weighted by Crippen LogP contribution is 2.15. The van der Waals surface area contributed by atoms with Crippen molar-refractivity contribution in [3.63, 3.8) is 0 Å². The third kappa shape index (κ3) is 13.7. The van der Waals surface area contributed by atoms with E-state index < -0.39 is 6.17 Å². The molecule has 0 spiro atoms. The van der Waals surface area contributed by atoms with E-state index in [9.17, 15) is 14.0 Å². The summed E-state index contributed by atoms with van der Waals surface area (Å²) in [4.78, 5) is 23.2. The highest BCUT2D eigenvalue weighted by molar-refractivity contribution is 5.86. The minimum atomic E-state index is -0.778. The van der Waals surface area contributed by atoms with Crippen molar-refractivity contribution in [2.45, 2.75) is 71.1 Å². The van der Waals surface area contributed by atoms with Gasteiger partial charge < -0.3 is 31.6 Å². The Hall–Kier alpha value is -3.30. The summed E-state index contributed by atoms with van der Waals surface area (Å²) in [5, 5.41) is 19.8. The zero-order valence-corrected chi connectivity index (χ0v) is 25.0. The molecule has 0 aromatic heterocycles. The van der Waals surface area contributed by atoms with Crippen molar-refractivity contribution < 1.29 is 14.0 Å². The predicted molar refractivity (Wildman–Crippen MR) is 167 cm³/mol. The molecule has 9 heteroatoms. The van der Waals surface area contributed by atoms with Gasteiger partial charge in [0.25, 0.3) is 0 Å². The Balaban J connectivity index is 0.000000219. The van der Waals surface area contributed by atoms with Crippen LogP contribution in [-0.4, -0.2) is 75.4 Å². The zero-order valence-electron chi connectivity index (χ0n) is 25.0. The first-order valence-corrected chi connectivity index (χ1v) is 14.8. The summed E-state index contributed by atoms with van der Waals surface area (Å²) < 4.78 is 12.2. The van der Waals surface area contributed by atoms with Gasteiger partial charge in [0.1, 0.15) is 6.17 Å². The van der Waals surface area contributed by atoms with Gasteiger partial charge in [0, 0.05) is 37.6 Å². The summed E-state index contributed by atoms with van der Waals surface area (Å²) >= 11 is 0. The fraction of sp³-hybridized carbons (Fsp3) is 0.531. The normalized spacial score (nSPS) is 19.3. The largest absolute Gasteiger partial charge is 0.388 e. The van der Waals surface area contributed by atoms with Crippen molar-refractivity contribution in [3.05, 3.63) is 64.7 Å². The lowest BCUT2D eigenvalue weighted by atomic mass is 10.1. The van der Waals surface area contributed by atoms with E-state index in [-0.39, 0.29) is 11.9 Å². The standard InChI is InChI=1S/C14H20N4O.C8H10.C5H8FNO.C5H11N/c1-16-12-5-4-10(7-11(12)8-15)9-18-14(19)13-3-2-6-17-13;1-7-3-5-8(2)6-4-7;6-5-1-2-7(3-5)4-8;1-2-4-6-5-3-1/h4-5,7-8,13,15-17H,2-3,6,9H2,1H3,(H,18,19);3-6H,1-2H3;4-5H,1-3H2;6H,1-5H2. The molecule has 2 aromatic carbocycles. The van der Waals surface area contributed by atoms with Crippen LogP contribution >= 0.6 is 0 Å². The third-order valence-electron chi connectivity index (χ3n) is 7.12. The molecule has 0 aliphatic carbocycles. The number of nitrogens with zero attached hydrogens (tertiary/aromatic N) is 1. The number of anilines is 1. The molecule has 41 heavy (non-hydrogen) atoms. The molecule has 3 aliphatic heterocycles. The molecule has 5 rings (SSSR count). The van der Waals surface area contributed by atoms with Crippen LogP contribution in [0.2, 0.25) is 0 Å². The molecule has 2 aromatic rings. The van der Waals surface area contributed by atoms with Gasteiger partial charge in [0.2, 0.25) is 12.3 Å². The lowest BCUT2D eigenvalue weighted by molar-refractivity contribution is -0.123. The monoisotopic (exact) mass is 568 g/mol. The number of hydrogen-bond acceptors (Lipinski definition) is 6. The van der Waals surface area contributed by atoms with Crippen molar-refractivity contribution in [1.29, 1.82) is 5.41 Å². The third-order valence-corrected chi connectivity index (χ3v) is 7.12. The number of halogens is 1. The maximum atomic E-state index is 12.2. The van der Waals surface area contributed by atoms with Crippen LogP contribution in [0.1, 0.15) is 60.8 Å². The molecule has 3 heterocycles. The summed E-state index contributed by atoms with van der Waals surface area (Å²) in [5.74, 6) is 0.0617. The number of hydrogen-bond donors (Lipinski definition) is 5. The second-order valence-electron chi connectivity index (χ2n) is 10.6. The van der Waals surface area contributed by atoms with Crippen LogP contribution in [0, 0.1) is 19.3 Å². The first-order chi connectivity index (χ1) is 19.9. The van der Waals surface area contributed by atoms with E-state index in [0.29, 0.717) is 32.5 Å². The summed E-state index contributed by atoms with van der Waals surface area (Å²) in [7, 11) is 1.83. The van der Waals surface area contributed by atoms with Gasteiger partial charge in [0.15, 0.2) is 0 Å². The number of amides is 2. The van der Waals surface area contributed by atoms with Gasteiger partial charge in [-0.05, 0) is 83.3 Å². The smallest absolute Gasteiger partial charge is 0.237 e. The van der Waals surface area contributed by atoms with Crippen LogP contribution < -0.4 is 21.3 Å². The molecule has 2 unspecified atom stereocenters.